The van der Waals surface area contributed by atoms with Crippen molar-refractivity contribution in [3.63, 3.8) is 0 Å². The Morgan fingerprint density at radius 1 is 1.53 bits per heavy atom. The average Bonchev–Trinajstić information content (AvgIpc) is 2.77. The molecule has 1 aromatic heterocycles. The van der Waals surface area contributed by atoms with Crippen LogP contribution in [-0.4, -0.2) is 15.7 Å². The zero-order chi connectivity index (χ0) is 13.8. The molecule has 5 nitrogen and oxygen atoms in total. The summed E-state index contributed by atoms with van der Waals surface area (Å²) < 4.78 is 2.60. The van der Waals surface area contributed by atoms with Crippen LogP contribution in [0.25, 0.3) is 0 Å². The van der Waals surface area contributed by atoms with Gasteiger partial charge in [-0.25, -0.2) is 0 Å². The molecule has 2 rings (SSSR count). The maximum Gasteiger partial charge on any atom is 0.239 e. The highest BCUT2D eigenvalue weighted by molar-refractivity contribution is 9.10. The van der Waals surface area contributed by atoms with Crippen molar-refractivity contribution in [2.75, 3.05) is 5.32 Å². The van der Waals surface area contributed by atoms with Gasteiger partial charge in [-0.2, -0.15) is 5.10 Å². The Morgan fingerprint density at radius 3 is 3.00 bits per heavy atom. The lowest BCUT2D eigenvalue weighted by atomic mass is 10.1. The summed E-state index contributed by atoms with van der Waals surface area (Å²) in [4.78, 5) is 10.8. The second-order valence-corrected chi connectivity index (χ2v) is 5.18. The van der Waals surface area contributed by atoms with Gasteiger partial charge in [-0.05, 0) is 24.1 Å². The normalized spacial score (nSPS) is 10.4. The van der Waals surface area contributed by atoms with Gasteiger partial charge in [-0.15, -0.1) is 0 Å². The lowest BCUT2D eigenvalue weighted by Crippen LogP contribution is -2.18. The monoisotopic (exact) mass is 322 g/mol. The number of carbonyl (C=O) groups is 1. The van der Waals surface area contributed by atoms with Crippen LogP contribution >= 0.6 is 15.9 Å². The van der Waals surface area contributed by atoms with E-state index in [9.17, 15) is 4.79 Å². The summed E-state index contributed by atoms with van der Waals surface area (Å²) in [6, 6.07) is 6.22. The zero-order valence-electron chi connectivity index (χ0n) is 10.6. The van der Waals surface area contributed by atoms with E-state index < -0.39 is 5.91 Å². The number of primary amides is 1. The van der Waals surface area contributed by atoms with Crippen LogP contribution in [0.1, 0.15) is 11.1 Å². The summed E-state index contributed by atoms with van der Waals surface area (Å²) in [6.45, 7) is 2.84. The first-order valence-electron chi connectivity index (χ1n) is 5.84. The van der Waals surface area contributed by atoms with Gasteiger partial charge in [0.25, 0.3) is 0 Å². The molecule has 2 aromatic rings. The van der Waals surface area contributed by atoms with Gasteiger partial charge in [-0.3, -0.25) is 9.48 Å². The summed E-state index contributed by atoms with van der Waals surface area (Å²) in [5.41, 5.74) is 8.34. The number of hydrogen-bond acceptors (Lipinski definition) is 3. The molecule has 0 aliphatic heterocycles. The molecule has 3 N–H and O–H groups in total. The summed E-state index contributed by atoms with van der Waals surface area (Å²) in [5, 5.41) is 7.29. The van der Waals surface area contributed by atoms with E-state index in [4.69, 9.17) is 5.73 Å². The minimum atomic E-state index is -0.405. The van der Waals surface area contributed by atoms with E-state index in [1.807, 2.05) is 0 Å². The molecule has 1 heterocycles. The number of anilines is 1. The minimum absolute atomic E-state index is 0.0950. The van der Waals surface area contributed by atoms with Crippen LogP contribution in [0.2, 0.25) is 0 Å². The number of nitrogens with two attached hydrogens (primary N) is 1. The number of amides is 1. The van der Waals surface area contributed by atoms with Crippen LogP contribution in [0.4, 0.5) is 5.69 Å². The molecule has 0 atom stereocenters. The maximum atomic E-state index is 10.8. The van der Waals surface area contributed by atoms with Crippen molar-refractivity contribution < 1.29 is 4.79 Å². The third-order valence-electron chi connectivity index (χ3n) is 2.68. The van der Waals surface area contributed by atoms with Gasteiger partial charge in [0.05, 0.1) is 11.9 Å². The molecule has 0 saturated carbocycles. The topological polar surface area (TPSA) is 72.9 Å². The Kier molecular flexibility index (Phi) is 4.21. The van der Waals surface area contributed by atoms with E-state index in [2.05, 4.69) is 51.5 Å². The molecule has 0 radical (unpaired) electrons. The predicted molar refractivity (Wildman–Crippen MR) is 77.6 cm³/mol. The van der Waals surface area contributed by atoms with Crippen LogP contribution in [0.15, 0.2) is 35.1 Å². The zero-order valence-corrected chi connectivity index (χ0v) is 12.1. The van der Waals surface area contributed by atoms with Crippen molar-refractivity contribution in [1.82, 2.24) is 9.78 Å². The van der Waals surface area contributed by atoms with Crippen molar-refractivity contribution in [1.29, 1.82) is 0 Å². The summed E-state index contributed by atoms with van der Waals surface area (Å²) in [7, 11) is 0. The summed E-state index contributed by atoms with van der Waals surface area (Å²) in [6.07, 6.45) is 3.43. The molecule has 19 heavy (non-hydrogen) atoms. The number of aromatic nitrogens is 2. The molecule has 0 unspecified atom stereocenters. The van der Waals surface area contributed by atoms with E-state index in [-0.39, 0.29) is 6.54 Å². The van der Waals surface area contributed by atoms with Crippen molar-refractivity contribution in [2.24, 2.45) is 5.73 Å². The SMILES string of the molecule is Cc1ccc(CNc2cnn(CC(N)=O)c2)cc1Br. The predicted octanol–water partition coefficient (Wildman–Crippen LogP) is 2.05. The fraction of sp³-hybridized carbons (Fsp3) is 0.231. The van der Waals surface area contributed by atoms with E-state index in [1.165, 1.54) is 15.8 Å². The smallest absolute Gasteiger partial charge is 0.239 e. The Hall–Kier alpha value is -1.82. The number of nitrogens with zero attached hydrogens (tertiary/aromatic N) is 2. The van der Waals surface area contributed by atoms with Gasteiger partial charge in [0.2, 0.25) is 5.91 Å². The van der Waals surface area contributed by atoms with E-state index >= 15 is 0 Å². The first-order valence-corrected chi connectivity index (χ1v) is 6.63. The third-order valence-corrected chi connectivity index (χ3v) is 3.54. The van der Waals surface area contributed by atoms with Gasteiger partial charge in [0.1, 0.15) is 6.54 Å². The molecule has 1 amide bonds. The standard InChI is InChI=1S/C13H15BrN4O/c1-9-2-3-10(4-12(9)14)5-16-11-6-17-18(7-11)8-13(15)19/h2-4,6-7,16H,5,8H2,1H3,(H2,15,19). The molecule has 0 saturated heterocycles. The highest BCUT2D eigenvalue weighted by Gasteiger charge is 2.02. The van der Waals surface area contributed by atoms with Gasteiger partial charge in [-0.1, -0.05) is 28.1 Å². The van der Waals surface area contributed by atoms with Gasteiger partial charge >= 0.3 is 0 Å². The summed E-state index contributed by atoms with van der Waals surface area (Å²) in [5.74, 6) is -0.405. The number of rotatable bonds is 5. The molecule has 1 aromatic carbocycles. The highest BCUT2D eigenvalue weighted by Crippen LogP contribution is 2.18. The first kappa shape index (κ1) is 13.6. The number of hydrogen-bond donors (Lipinski definition) is 2. The molecule has 6 heteroatoms. The number of nitrogens with one attached hydrogen (secondary N) is 1. The van der Waals surface area contributed by atoms with Crippen LogP contribution in [0, 0.1) is 6.92 Å². The Morgan fingerprint density at radius 2 is 2.32 bits per heavy atom. The fourth-order valence-corrected chi connectivity index (χ4v) is 2.08. The van der Waals surface area contributed by atoms with Crippen LogP contribution in [-0.2, 0) is 17.9 Å². The third kappa shape index (κ3) is 3.82. The first-order chi connectivity index (χ1) is 9.04. The fourth-order valence-electron chi connectivity index (χ4n) is 1.65. The molecule has 0 bridgehead atoms. The van der Waals surface area contributed by atoms with Crippen LogP contribution < -0.4 is 11.1 Å². The molecule has 100 valence electrons. The van der Waals surface area contributed by atoms with E-state index in [1.54, 1.807) is 12.4 Å². The molecular formula is C13H15BrN4O. The van der Waals surface area contributed by atoms with E-state index in [0.29, 0.717) is 6.54 Å². The number of benzene rings is 1. The molecule has 0 aliphatic rings. The van der Waals surface area contributed by atoms with Crippen molar-refractivity contribution in [2.45, 2.75) is 20.0 Å². The van der Waals surface area contributed by atoms with Crippen molar-refractivity contribution in [3.8, 4) is 0 Å². The minimum Gasteiger partial charge on any atom is -0.378 e. The average molecular weight is 323 g/mol. The van der Waals surface area contributed by atoms with E-state index in [0.717, 1.165) is 10.2 Å². The summed E-state index contributed by atoms with van der Waals surface area (Å²) >= 11 is 3.51. The molecular weight excluding hydrogens is 308 g/mol. The largest absolute Gasteiger partial charge is 0.378 e. The molecule has 0 aliphatic carbocycles. The Bertz CT molecular complexity index is 594. The van der Waals surface area contributed by atoms with Gasteiger partial charge < -0.3 is 11.1 Å². The Balaban J connectivity index is 1.96. The number of carbonyl (C=O) groups excluding carboxylic acids is 1. The Labute approximate surface area is 119 Å². The van der Waals surface area contributed by atoms with Crippen LogP contribution in [0.3, 0.4) is 0 Å². The van der Waals surface area contributed by atoms with Crippen molar-refractivity contribution >= 4 is 27.5 Å². The maximum absolute atomic E-state index is 10.8. The van der Waals surface area contributed by atoms with Crippen molar-refractivity contribution in [3.05, 3.63) is 46.2 Å². The van der Waals surface area contributed by atoms with Crippen LogP contribution in [0.5, 0.6) is 0 Å². The lowest BCUT2D eigenvalue weighted by Gasteiger charge is -2.05. The second-order valence-electron chi connectivity index (χ2n) is 4.33. The molecule has 0 fully saturated rings. The second kappa shape index (κ2) is 5.88. The van der Waals surface area contributed by atoms with Gasteiger partial charge in [0, 0.05) is 17.2 Å². The number of halogens is 1. The number of aryl methyl sites for hydroxylation is 1. The molecule has 0 spiro atoms. The van der Waals surface area contributed by atoms with Gasteiger partial charge in [0.15, 0.2) is 0 Å². The highest BCUT2D eigenvalue weighted by atomic mass is 79.9. The lowest BCUT2D eigenvalue weighted by molar-refractivity contribution is -0.118. The quantitative estimate of drug-likeness (QED) is 0.884.